The Morgan fingerprint density at radius 1 is 1.38 bits per heavy atom. The number of halogens is 2. The number of para-hydroxylation sites is 1. The van der Waals surface area contributed by atoms with Crippen LogP contribution in [0.2, 0.25) is 0 Å². The van der Waals surface area contributed by atoms with E-state index in [-0.39, 0.29) is 36.3 Å². The number of rotatable bonds is 9. The standard InChI is InChI=1S/C15H24FN3O3S.ClH/c1-19(14-7-4-3-6-12(14)16)10-5-9-18-15(20)13(17)8-11-23(2,21)22;/h3-4,6-7,13H,5,8-11,17H2,1-2H3,(H,18,20);1H. The van der Waals surface area contributed by atoms with Gasteiger partial charge >= 0.3 is 0 Å². The van der Waals surface area contributed by atoms with Crippen molar-refractivity contribution in [3.05, 3.63) is 30.1 Å². The summed E-state index contributed by atoms with van der Waals surface area (Å²) < 4.78 is 35.7. The number of hydrogen-bond acceptors (Lipinski definition) is 5. The van der Waals surface area contributed by atoms with Crippen LogP contribution in [0.3, 0.4) is 0 Å². The monoisotopic (exact) mass is 381 g/mol. The van der Waals surface area contributed by atoms with Crippen molar-refractivity contribution in [2.75, 3.05) is 37.0 Å². The predicted octanol–water partition coefficient (Wildman–Crippen LogP) is 0.952. The lowest BCUT2D eigenvalue weighted by molar-refractivity contribution is -0.122. The van der Waals surface area contributed by atoms with Crippen LogP contribution in [0.5, 0.6) is 0 Å². The van der Waals surface area contributed by atoms with Crippen LogP contribution in [0, 0.1) is 5.82 Å². The van der Waals surface area contributed by atoms with Crippen LogP contribution in [0.1, 0.15) is 12.8 Å². The Kier molecular flexibility index (Phi) is 9.88. The average molecular weight is 382 g/mol. The van der Waals surface area contributed by atoms with Crippen LogP contribution in [-0.2, 0) is 14.6 Å². The Bertz CT molecular complexity index is 628. The number of anilines is 1. The van der Waals surface area contributed by atoms with E-state index in [2.05, 4.69) is 5.32 Å². The summed E-state index contributed by atoms with van der Waals surface area (Å²) in [5, 5.41) is 2.66. The highest BCUT2D eigenvalue weighted by Crippen LogP contribution is 2.16. The molecule has 1 aromatic rings. The van der Waals surface area contributed by atoms with Gasteiger partial charge in [0.1, 0.15) is 15.7 Å². The van der Waals surface area contributed by atoms with Crippen molar-refractivity contribution >= 4 is 33.8 Å². The molecule has 0 aromatic heterocycles. The fourth-order valence-corrected chi connectivity index (χ4v) is 2.69. The van der Waals surface area contributed by atoms with Gasteiger partial charge in [-0.2, -0.15) is 0 Å². The van der Waals surface area contributed by atoms with E-state index in [0.717, 1.165) is 6.26 Å². The molecule has 1 unspecified atom stereocenters. The predicted molar refractivity (Wildman–Crippen MR) is 96.8 cm³/mol. The van der Waals surface area contributed by atoms with Crippen molar-refractivity contribution in [1.29, 1.82) is 0 Å². The van der Waals surface area contributed by atoms with Crippen molar-refractivity contribution in [1.82, 2.24) is 5.32 Å². The molecule has 0 aliphatic rings. The summed E-state index contributed by atoms with van der Waals surface area (Å²) in [4.78, 5) is 13.5. The number of carbonyl (C=O) groups is 1. The normalized spacial score (nSPS) is 12.2. The second kappa shape index (κ2) is 10.5. The molecule has 138 valence electrons. The van der Waals surface area contributed by atoms with Crippen LogP contribution in [0.15, 0.2) is 24.3 Å². The second-order valence-electron chi connectivity index (χ2n) is 5.54. The van der Waals surface area contributed by atoms with E-state index in [4.69, 9.17) is 5.73 Å². The number of carbonyl (C=O) groups excluding carboxylic acids is 1. The first-order valence-electron chi connectivity index (χ1n) is 7.37. The van der Waals surface area contributed by atoms with Gasteiger partial charge in [-0.25, -0.2) is 12.8 Å². The maximum atomic E-state index is 13.6. The van der Waals surface area contributed by atoms with Gasteiger partial charge in [0, 0.05) is 26.4 Å². The molecule has 0 aliphatic carbocycles. The van der Waals surface area contributed by atoms with E-state index in [1.165, 1.54) is 6.07 Å². The lowest BCUT2D eigenvalue weighted by Crippen LogP contribution is -2.42. The molecule has 24 heavy (non-hydrogen) atoms. The molecule has 0 bridgehead atoms. The molecule has 1 atom stereocenters. The molecule has 0 heterocycles. The van der Waals surface area contributed by atoms with Gasteiger partial charge < -0.3 is 16.0 Å². The fraction of sp³-hybridized carbons (Fsp3) is 0.533. The number of hydrogen-bond donors (Lipinski definition) is 2. The van der Waals surface area contributed by atoms with Crippen LogP contribution in [0.4, 0.5) is 10.1 Å². The van der Waals surface area contributed by atoms with Gasteiger partial charge in [-0.1, -0.05) is 12.1 Å². The van der Waals surface area contributed by atoms with Gasteiger partial charge in [0.25, 0.3) is 0 Å². The third-order valence-corrected chi connectivity index (χ3v) is 4.35. The molecule has 0 fully saturated rings. The number of nitrogens with zero attached hydrogens (tertiary/aromatic N) is 1. The molecule has 1 rings (SSSR count). The quantitative estimate of drug-likeness (QED) is 0.621. The molecule has 0 saturated heterocycles. The van der Waals surface area contributed by atoms with Gasteiger partial charge in [-0.3, -0.25) is 4.79 Å². The number of nitrogens with one attached hydrogen (secondary N) is 1. The largest absolute Gasteiger partial charge is 0.372 e. The Morgan fingerprint density at radius 3 is 2.58 bits per heavy atom. The first-order valence-corrected chi connectivity index (χ1v) is 9.43. The molecule has 6 nitrogen and oxygen atoms in total. The molecule has 0 spiro atoms. The number of sulfone groups is 1. The van der Waals surface area contributed by atoms with Crippen molar-refractivity contribution in [2.24, 2.45) is 5.73 Å². The second-order valence-corrected chi connectivity index (χ2v) is 7.80. The number of benzene rings is 1. The van der Waals surface area contributed by atoms with E-state index >= 15 is 0 Å². The zero-order valence-corrected chi connectivity index (χ0v) is 15.5. The highest BCUT2D eigenvalue weighted by atomic mass is 35.5. The molecular weight excluding hydrogens is 357 g/mol. The summed E-state index contributed by atoms with van der Waals surface area (Å²) in [7, 11) is -1.35. The Hall–Kier alpha value is -1.38. The third kappa shape index (κ3) is 8.47. The lowest BCUT2D eigenvalue weighted by Gasteiger charge is -2.20. The summed E-state index contributed by atoms with van der Waals surface area (Å²) >= 11 is 0. The van der Waals surface area contributed by atoms with E-state index < -0.39 is 15.9 Å². The molecule has 9 heteroatoms. The number of amides is 1. The van der Waals surface area contributed by atoms with Gasteiger partial charge in [0.05, 0.1) is 17.5 Å². The summed E-state index contributed by atoms with van der Waals surface area (Å²) in [6, 6.07) is 5.64. The van der Waals surface area contributed by atoms with Gasteiger partial charge in [-0.15, -0.1) is 12.4 Å². The Labute approximate surface area is 148 Å². The highest BCUT2D eigenvalue weighted by Gasteiger charge is 2.15. The highest BCUT2D eigenvalue weighted by molar-refractivity contribution is 7.90. The summed E-state index contributed by atoms with van der Waals surface area (Å²) in [5.74, 6) is -0.776. The maximum Gasteiger partial charge on any atom is 0.236 e. The molecule has 0 saturated carbocycles. The minimum Gasteiger partial charge on any atom is -0.372 e. The third-order valence-electron chi connectivity index (χ3n) is 3.37. The topological polar surface area (TPSA) is 92.5 Å². The minimum absolute atomic E-state index is 0. The van der Waals surface area contributed by atoms with E-state index in [1.54, 1.807) is 30.1 Å². The summed E-state index contributed by atoms with van der Waals surface area (Å²) in [6.45, 7) is 0.962. The SMILES string of the molecule is CN(CCCNC(=O)C(N)CCS(C)(=O)=O)c1ccccc1F.Cl. The number of nitrogens with two attached hydrogens (primary N) is 1. The van der Waals surface area contributed by atoms with Crippen LogP contribution < -0.4 is 16.0 Å². The van der Waals surface area contributed by atoms with Gasteiger partial charge in [-0.05, 0) is 25.0 Å². The van der Waals surface area contributed by atoms with Crippen molar-refractivity contribution in [3.63, 3.8) is 0 Å². The molecule has 0 radical (unpaired) electrons. The van der Waals surface area contributed by atoms with E-state index in [1.807, 2.05) is 0 Å². The van der Waals surface area contributed by atoms with Crippen molar-refractivity contribution in [2.45, 2.75) is 18.9 Å². The molecule has 1 amide bonds. The zero-order chi connectivity index (χ0) is 17.5. The lowest BCUT2D eigenvalue weighted by atomic mass is 10.2. The smallest absolute Gasteiger partial charge is 0.236 e. The van der Waals surface area contributed by atoms with E-state index in [9.17, 15) is 17.6 Å². The molecule has 3 N–H and O–H groups in total. The van der Waals surface area contributed by atoms with Crippen molar-refractivity contribution in [3.8, 4) is 0 Å². The van der Waals surface area contributed by atoms with Crippen LogP contribution in [-0.4, -0.2) is 52.5 Å². The minimum atomic E-state index is -3.13. The molecule has 1 aromatic carbocycles. The summed E-state index contributed by atoms with van der Waals surface area (Å²) in [5.41, 5.74) is 6.14. The first-order chi connectivity index (χ1) is 10.7. The molecule has 0 aliphatic heterocycles. The fourth-order valence-electron chi connectivity index (χ4n) is 2.01. The molecular formula is C15H25ClFN3O3S. The Balaban J connectivity index is 0.00000529. The van der Waals surface area contributed by atoms with Crippen LogP contribution >= 0.6 is 12.4 Å². The van der Waals surface area contributed by atoms with Gasteiger partial charge in [0.15, 0.2) is 0 Å². The first kappa shape index (κ1) is 22.6. The Morgan fingerprint density at radius 2 is 2.00 bits per heavy atom. The zero-order valence-electron chi connectivity index (χ0n) is 13.9. The summed E-state index contributed by atoms with van der Waals surface area (Å²) in [6.07, 6.45) is 1.82. The average Bonchev–Trinajstić information content (AvgIpc) is 2.48. The van der Waals surface area contributed by atoms with Crippen molar-refractivity contribution < 1.29 is 17.6 Å². The van der Waals surface area contributed by atoms with E-state index in [0.29, 0.717) is 25.2 Å². The van der Waals surface area contributed by atoms with Crippen LogP contribution in [0.25, 0.3) is 0 Å². The maximum absolute atomic E-state index is 13.6. The van der Waals surface area contributed by atoms with Gasteiger partial charge in [0.2, 0.25) is 5.91 Å².